The van der Waals surface area contributed by atoms with Crippen molar-refractivity contribution in [3.05, 3.63) is 115 Å². The maximum atomic E-state index is 5.54. The summed E-state index contributed by atoms with van der Waals surface area (Å²) in [6, 6.07) is 38.4. The second-order valence-electron chi connectivity index (χ2n) is 7.47. The Labute approximate surface area is 174 Å². The van der Waals surface area contributed by atoms with Gasteiger partial charge < -0.3 is 8.98 Å². The Morgan fingerprint density at radius 2 is 1.23 bits per heavy atom. The topological polar surface area (TPSA) is 18.1 Å². The zero-order valence-electron chi connectivity index (χ0n) is 16.3. The Hall–Kier alpha value is -4.04. The van der Waals surface area contributed by atoms with E-state index in [0.29, 0.717) is 0 Å². The van der Waals surface area contributed by atoms with Crippen LogP contribution in [-0.4, -0.2) is 4.57 Å². The zero-order chi connectivity index (χ0) is 19.9. The van der Waals surface area contributed by atoms with Crippen LogP contribution in [-0.2, 0) is 0 Å². The number of benzene rings is 4. The number of hydrogen-bond donors (Lipinski definition) is 0. The van der Waals surface area contributed by atoms with E-state index in [0.717, 1.165) is 17.0 Å². The van der Waals surface area contributed by atoms with Crippen molar-refractivity contribution in [1.29, 1.82) is 0 Å². The lowest BCUT2D eigenvalue weighted by Crippen LogP contribution is -1.93. The van der Waals surface area contributed by atoms with Gasteiger partial charge in [0.1, 0.15) is 5.76 Å². The molecule has 2 heterocycles. The van der Waals surface area contributed by atoms with Gasteiger partial charge in [-0.2, -0.15) is 0 Å². The minimum Gasteiger partial charge on any atom is -0.464 e. The zero-order valence-corrected chi connectivity index (χ0v) is 16.3. The summed E-state index contributed by atoms with van der Waals surface area (Å²) < 4.78 is 7.88. The van der Waals surface area contributed by atoms with Crippen molar-refractivity contribution in [1.82, 2.24) is 4.57 Å². The van der Waals surface area contributed by atoms with Gasteiger partial charge >= 0.3 is 0 Å². The molecular formula is C28H19NO. The third-order valence-corrected chi connectivity index (χ3v) is 5.71. The van der Waals surface area contributed by atoms with E-state index in [9.17, 15) is 0 Å². The molecule has 6 rings (SSSR count). The Kier molecular flexibility index (Phi) is 3.82. The lowest BCUT2D eigenvalue weighted by atomic mass is 10.0. The fourth-order valence-electron chi connectivity index (χ4n) is 4.28. The SMILES string of the molecule is c1ccc(-c2ccc3c(c2)c2ccccc2n3-c2ccc(-c3ccco3)cc2)cc1. The van der Waals surface area contributed by atoms with E-state index in [1.807, 2.05) is 12.1 Å². The van der Waals surface area contributed by atoms with Crippen LogP contribution in [0.25, 0.3) is 49.9 Å². The summed E-state index contributed by atoms with van der Waals surface area (Å²) in [7, 11) is 0. The molecule has 4 aromatic carbocycles. The van der Waals surface area contributed by atoms with Crippen LogP contribution in [0.15, 0.2) is 120 Å². The number of furan rings is 1. The lowest BCUT2D eigenvalue weighted by Gasteiger charge is -2.09. The van der Waals surface area contributed by atoms with Crippen molar-refractivity contribution in [3.63, 3.8) is 0 Å². The van der Waals surface area contributed by atoms with E-state index in [1.165, 1.54) is 32.9 Å². The second kappa shape index (κ2) is 6.78. The molecule has 2 aromatic heterocycles. The van der Waals surface area contributed by atoms with E-state index < -0.39 is 0 Å². The molecule has 0 aliphatic heterocycles. The van der Waals surface area contributed by atoms with Gasteiger partial charge in [0.2, 0.25) is 0 Å². The summed E-state index contributed by atoms with van der Waals surface area (Å²) in [5.41, 5.74) is 7.11. The van der Waals surface area contributed by atoms with Crippen LogP contribution >= 0.6 is 0 Å². The van der Waals surface area contributed by atoms with Gasteiger partial charge in [-0.25, -0.2) is 0 Å². The minimum absolute atomic E-state index is 0.885. The fraction of sp³-hybridized carbons (Fsp3) is 0. The van der Waals surface area contributed by atoms with Gasteiger partial charge in [0.25, 0.3) is 0 Å². The van der Waals surface area contributed by atoms with Gasteiger partial charge in [-0.3, -0.25) is 0 Å². The lowest BCUT2D eigenvalue weighted by molar-refractivity contribution is 0.582. The highest BCUT2D eigenvalue weighted by Crippen LogP contribution is 2.35. The van der Waals surface area contributed by atoms with Crippen LogP contribution in [0, 0.1) is 0 Å². The number of para-hydroxylation sites is 1. The number of hydrogen-bond acceptors (Lipinski definition) is 1. The summed E-state index contributed by atoms with van der Waals surface area (Å²) in [4.78, 5) is 0. The van der Waals surface area contributed by atoms with Crippen LogP contribution in [0.5, 0.6) is 0 Å². The molecule has 0 saturated heterocycles. The van der Waals surface area contributed by atoms with Gasteiger partial charge in [0, 0.05) is 22.0 Å². The van der Waals surface area contributed by atoms with Crippen molar-refractivity contribution >= 4 is 21.8 Å². The number of rotatable bonds is 3. The number of fused-ring (bicyclic) bond motifs is 3. The molecule has 0 atom stereocenters. The molecule has 0 fully saturated rings. The highest BCUT2D eigenvalue weighted by molar-refractivity contribution is 6.10. The highest BCUT2D eigenvalue weighted by atomic mass is 16.3. The number of nitrogens with zero attached hydrogens (tertiary/aromatic N) is 1. The Balaban J connectivity index is 1.56. The quantitative estimate of drug-likeness (QED) is 0.305. The average Bonchev–Trinajstić information content (AvgIpc) is 3.46. The Morgan fingerprint density at radius 3 is 2.03 bits per heavy atom. The van der Waals surface area contributed by atoms with Crippen LogP contribution in [0.4, 0.5) is 0 Å². The maximum Gasteiger partial charge on any atom is 0.133 e. The van der Waals surface area contributed by atoms with E-state index in [2.05, 4.69) is 102 Å². The summed E-state index contributed by atoms with van der Waals surface area (Å²) >= 11 is 0. The molecule has 0 bridgehead atoms. The summed E-state index contributed by atoms with van der Waals surface area (Å²) in [6.07, 6.45) is 1.71. The van der Waals surface area contributed by atoms with E-state index >= 15 is 0 Å². The third kappa shape index (κ3) is 2.66. The summed E-state index contributed by atoms with van der Waals surface area (Å²) in [5.74, 6) is 0.885. The van der Waals surface area contributed by atoms with Crippen LogP contribution in [0.2, 0.25) is 0 Å². The van der Waals surface area contributed by atoms with Crippen LogP contribution in [0.3, 0.4) is 0 Å². The van der Waals surface area contributed by atoms with Crippen molar-refractivity contribution in [2.75, 3.05) is 0 Å². The van der Waals surface area contributed by atoms with Gasteiger partial charge in [-0.15, -0.1) is 0 Å². The predicted molar refractivity (Wildman–Crippen MR) is 124 cm³/mol. The third-order valence-electron chi connectivity index (χ3n) is 5.71. The van der Waals surface area contributed by atoms with E-state index in [1.54, 1.807) is 6.26 Å². The normalized spacial score (nSPS) is 11.3. The monoisotopic (exact) mass is 385 g/mol. The van der Waals surface area contributed by atoms with E-state index in [4.69, 9.17) is 4.42 Å². The second-order valence-corrected chi connectivity index (χ2v) is 7.47. The van der Waals surface area contributed by atoms with Crippen molar-refractivity contribution < 1.29 is 4.42 Å². The van der Waals surface area contributed by atoms with Crippen molar-refractivity contribution in [2.24, 2.45) is 0 Å². The molecular weight excluding hydrogens is 366 g/mol. The molecule has 6 aromatic rings. The number of aromatic nitrogens is 1. The predicted octanol–water partition coefficient (Wildman–Crippen LogP) is 7.71. The molecule has 0 spiro atoms. The highest BCUT2D eigenvalue weighted by Gasteiger charge is 2.13. The Bertz CT molecular complexity index is 1460. The first kappa shape index (κ1) is 16.9. The molecule has 0 amide bonds. The van der Waals surface area contributed by atoms with Crippen LogP contribution < -0.4 is 0 Å². The molecule has 2 heteroatoms. The van der Waals surface area contributed by atoms with Gasteiger partial charge in [0.05, 0.1) is 17.3 Å². The molecule has 0 N–H and O–H groups in total. The van der Waals surface area contributed by atoms with Gasteiger partial charge in [0.15, 0.2) is 0 Å². The maximum absolute atomic E-state index is 5.54. The standard InChI is InChI=1S/C28H19NO/c1-2-7-20(8-3-1)22-14-17-27-25(19-22)24-9-4-5-10-26(24)29(27)23-15-12-21(13-16-23)28-11-6-18-30-28/h1-19H. The smallest absolute Gasteiger partial charge is 0.133 e. The largest absolute Gasteiger partial charge is 0.464 e. The van der Waals surface area contributed by atoms with Gasteiger partial charge in [-0.1, -0.05) is 54.6 Å². The van der Waals surface area contributed by atoms with Crippen molar-refractivity contribution in [3.8, 4) is 28.1 Å². The van der Waals surface area contributed by atoms with Gasteiger partial charge in [-0.05, 0) is 65.7 Å². The first-order valence-corrected chi connectivity index (χ1v) is 10.1. The first-order valence-electron chi connectivity index (χ1n) is 10.1. The fourth-order valence-corrected chi connectivity index (χ4v) is 4.28. The summed E-state index contributed by atoms with van der Waals surface area (Å²) in [6.45, 7) is 0. The van der Waals surface area contributed by atoms with E-state index in [-0.39, 0.29) is 0 Å². The summed E-state index contributed by atoms with van der Waals surface area (Å²) in [5, 5.41) is 2.53. The average molecular weight is 385 g/mol. The molecule has 0 saturated carbocycles. The van der Waals surface area contributed by atoms with Crippen LogP contribution in [0.1, 0.15) is 0 Å². The van der Waals surface area contributed by atoms with Crippen molar-refractivity contribution in [2.45, 2.75) is 0 Å². The first-order chi connectivity index (χ1) is 14.9. The molecule has 0 radical (unpaired) electrons. The minimum atomic E-state index is 0.885. The molecule has 2 nitrogen and oxygen atoms in total. The molecule has 0 aliphatic rings. The molecule has 0 unspecified atom stereocenters. The Morgan fingerprint density at radius 1 is 0.500 bits per heavy atom. The molecule has 142 valence electrons. The molecule has 30 heavy (non-hydrogen) atoms. The molecule has 0 aliphatic carbocycles.